The van der Waals surface area contributed by atoms with Gasteiger partial charge in [-0.1, -0.05) is 48.9 Å². The molecule has 0 aliphatic heterocycles. The standard InChI is InChI=1S/C21H24F3NO2/c1-2-15(12-14-6-4-3-5-7-14)18-13-19(18)25(20(27)21(22,23)24)16-8-10-17(26)11-9-16/h3-7,12,16,18-19H,2,8-11,13H2,1H3/b15-12+/t18-,19+/m0/s1. The number of Topliss-reactive ketones (excluding diaryl/α,β-unsaturated/α-hetero) is 1. The van der Waals surface area contributed by atoms with Gasteiger partial charge in [0.25, 0.3) is 0 Å². The second kappa shape index (κ2) is 7.87. The van der Waals surface area contributed by atoms with Crippen LogP contribution in [0.4, 0.5) is 13.2 Å². The molecule has 1 aromatic rings. The van der Waals surface area contributed by atoms with E-state index in [1.807, 2.05) is 43.3 Å². The molecule has 2 aliphatic rings. The van der Waals surface area contributed by atoms with Crippen LogP contribution < -0.4 is 0 Å². The van der Waals surface area contributed by atoms with Gasteiger partial charge in [-0.05, 0) is 31.2 Å². The lowest BCUT2D eigenvalue weighted by atomic mass is 9.92. The number of amides is 1. The Labute approximate surface area is 157 Å². The predicted octanol–water partition coefficient (Wildman–Crippen LogP) is 4.77. The molecule has 3 rings (SSSR count). The van der Waals surface area contributed by atoms with Crippen molar-refractivity contribution in [3.05, 3.63) is 41.5 Å². The molecule has 1 aromatic carbocycles. The Morgan fingerprint density at radius 3 is 2.37 bits per heavy atom. The van der Waals surface area contributed by atoms with Crippen LogP contribution in [-0.4, -0.2) is 34.9 Å². The third-order valence-electron chi connectivity index (χ3n) is 5.53. The van der Waals surface area contributed by atoms with E-state index in [0.717, 1.165) is 22.5 Å². The van der Waals surface area contributed by atoms with Gasteiger partial charge in [0, 0.05) is 30.8 Å². The summed E-state index contributed by atoms with van der Waals surface area (Å²) in [5, 5.41) is 0. The molecule has 0 saturated heterocycles. The van der Waals surface area contributed by atoms with Gasteiger partial charge in [0.15, 0.2) is 0 Å². The van der Waals surface area contributed by atoms with E-state index < -0.39 is 24.2 Å². The summed E-state index contributed by atoms with van der Waals surface area (Å²) in [6.07, 6.45) is -0.419. The fourth-order valence-corrected chi connectivity index (χ4v) is 4.06. The zero-order chi connectivity index (χ0) is 19.6. The molecule has 0 spiro atoms. The first-order valence-corrected chi connectivity index (χ1v) is 9.48. The lowest BCUT2D eigenvalue weighted by Gasteiger charge is -2.35. The van der Waals surface area contributed by atoms with Gasteiger partial charge in [0.2, 0.25) is 0 Å². The van der Waals surface area contributed by atoms with Crippen molar-refractivity contribution in [1.82, 2.24) is 4.90 Å². The minimum Gasteiger partial charge on any atom is -0.328 e. The van der Waals surface area contributed by atoms with Gasteiger partial charge < -0.3 is 4.90 Å². The third kappa shape index (κ3) is 4.60. The Hall–Kier alpha value is -2.11. The molecule has 3 nitrogen and oxygen atoms in total. The summed E-state index contributed by atoms with van der Waals surface area (Å²) in [6.45, 7) is 1.99. The molecular formula is C21H24F3NO2. The first-order chi connectivity index (χ1) is 12.8. The smallest absolute Gasteiger partial charge is 0.328 e. The number of hydrogen-bond donors (Lipinski definition) is 0. The Morgan fingerprint density at radius 1 is 1.19 bits per heavy atom. The monoisotopic (exact) mass is 379 g/mol. The highest BCUT2D eigenvalue weighted by molar-refractivity contribution is 5.84. The molecule has 2 atom stereocenters. The van der Waals surface area contributed by atoms with E-state index in [1.54, 1.807) is 0 Å². The minimum atomic E-state index is -4.88. The lowest BCUT2D eigenvalue weighted by molar-refractivity contribution is -0.189. The number of hydrogen-bond acceptors (Lipinski definition) is 2. The number of benzene rings is 1. The first kappa shape index (κ1) is 19.6. The van der Waals surface area contributed by atoms with Crippen molar-refractivity contribution in [2.75, 3.05) is 0 Å². The molecular weight excluding hydrogens is 355 g/mol. The Balaban J connectivity index is 1.80. The summed E-state index contributed by atoms with van der Waals surface area (Å²) >= 11 is 0. The van der Waals surface area contributed by atoms with Crippen LogP contribution in [0, 0.1) is 5.92 Å². The highest BCUT2D eigenvalue weighted by Gasteiger charge is 2.54. The number of ketones is 1. The number of nitrogens with zero attached hydrogens (tertiary/aromatic N) is 1. The summed E-state index contributed by atoms with van der Waals surface area (Å²) in [6, 6.07) is 8.74. The molecule has 2 saturated carbocycles. The molecule has 0 unspecified atom stereocenters. The molecule has 146 valence electrons. The number of rotatable bonds is 5. The molecule has 6 heteroatoms. The first-order valence-electron chi connectivity index (χ1n) is 9.48. The number of alkyl halides is 3. The predicted molar refractivity (Wildman–Crippen MR) is 96.8 cm³/mol. The molecule has 0 bridgehead atoms. The zero-order valence-electron chi connectivity index (χ0n) is 15.3. The van der Waals surface area contributed by atoms with E-state index in [2.05, 4.69) is 0 Å². The molecule has 0 N–H and O–H groups in total. The maximum absolute atomic E-state index is 13.2. The molecule has 2 fully saturated rings. The molecule has 0 radical (unpaired) electrons. The summed E-state index contributed by atoms with van der Waals surface area (Å²) in [5.41, 5.74) is 2.08. The molecule has 0 aromatic heterocycles. The van der Waals surface area contributed by atoms with Crippen LogP contribution in [0.15, 0.2) is 35.9 Å². The van der Waals surface area contributed by atoms with Gasteiger partial charge in [0.05, 0.1) is 0 Å². The Kier molecular flexibility index (Phi) is 5.72. The summed E-state index contributed by atoms with van der Waals surface area (Å²) in [4.78, 5) is 24.7. The van der Waals surface area contributed by atoms with E-state index in [4.69, 9.17) is 0 Å². The van der Waals surface area contributed by atoms with Gasteiger partial charge in [-0.25, -0.2) is 0 Å². The van der Waals surface area contributed by atoms with Crippen molar-refractivity contribution < 1.29 is 22.8 Å². The highest BCUT2D eigenvalue weighted by Crippen LogP contribution is 2.46. The maximum Gasteiger partial charge on any atom is 0.471 e. The summed E-state index contributed by atoms with van der Waals surface area (Å²) in [5.74, 6) is -1.74. The van der Waals surface area contributed by atoms with Crippen molar-refractivity contribution >= 4 is 17.8 Å². The van der Waals surface area contributed by atoms with Crippen molar-refractivity contribution in [3.8, 4) is 0 Å². The van der Waals surface area contributed by atoms with Crippen molar-refractivity contribution in [2.24, 2.45) is 5.92 Å². The van der Waals surface area contributed by atoms with Crippen LogP contribution >= 0.6 is 0 Å². The molecule has 1 amide bonds. The van der Waals surface area contributed by atoms with Gasteiger partial charge in [-0.3, -0.25) is 9.59 Å². The van der Waals surface area contributed by atoms with Gasteiger partial charge in [0.1, 0.15) is 5.78 Å². The summed E-state index contributed by atoms with van der Waals surface area (Å²) in [7, 11) is 0. The van der Waals surface area contributed by atoms with Crippen LogP contribution in [0.25, 0.3) is 6.08 Å². The normalized spacial score (nSPS) is 24.0. The van der Waals surface area contributed by atoms with E-state index >= 15 is 0 Å². The van der Waals surface area contributed by atoms with Crippen molar-refractivity contribution in [1.29, 1.82) is 0 Å². The van der Waals surface area contributed by atoms with Crippen molar-refractivity contribution in [2.45, 2.75) is 63.7 Å². The van der Waals surface area contributed by atoms with Crippen LogP contribution in [0.3, 0.4) is 0 Å². The Bertz CT molecular complexity index is 717. The van der Waals surface area contributed by atoms with Crippen LogP contribution in [0.2, 0.25) is 0 Å². The average molecular weight is 379 g/mol. The molecule has 27 heavy (non-hydrogen) atoms. The number of halogens is 3. The Morgan fingerprint density at radius 2 is 1.81 bits per heavy atom. The number of carbonyl (C=O) groups is 2. The van der Waals surface area contributed by atoms with Crippen LogP contribution in [-0.2, 0) is 9.59 Å². The minimum absolute atomic E-state index is 0.0425. The number of carbonyl (C=O) groups excluding carboxylic acids is 2. The zero-order valence-corrected chi connectivity index (χ0v) is 15.3. The SMILES string of the molecule is CC/C(=C\c1ccccc1)[C@@H]1C[C@H]1N(C(=O)C(F)(F)F)C1CCC(=O)CC1. The largest absolute Gasteiger partial charge is 0.471 e. The second-order valence-corrected chi connectivity index (χ2v) is 7.37. The third-order valence-corrected chi connectivity index (χ3v) is 5.53. The topological polar surface area (TPSA) is 37.4 Å². The molecule has 2 aliphatic carbocycles. The van der Waals surface area contributed by atoms with Gasteiger partial charge in [-0.15, -0.1) is 0 Å². The second-order valence-electron chi connectivity index (χ2n) is 7.37. The maximum atomic E-state index is 13.2. The average Bonchev–Trinajstić information content (AvgIpc) is 3.41. The van der Waals surface area contributed by atoms with Gasteiger partial charge in [-0.2, -0.15) is 13.2 Å². The lowest BCUT2D eigenvalue weighted by Crippen LogP contribution is -2.50. The van der Waals surface area contributed by atoms with E-state index in [1.165, 1.54) is 0 Å². The summed E-state index contributed by atoms with van der Waals surface area (Å²) < 4.78 is 39.6. The van der Waals surface area contributed by atoms with Crippen molar-refractivity contribution in [3.63, 3.8) is 0 Å². The van der Waals surface area contributed by atoms with E-state index in [-0.39, 0.29) is 24.5 Å². The molecule has 0 heterocycles. The highest BCUT2D eigenvalue weighted by atomic mass is 19.4. The van der Waals surface area contributed by atoms with Crippen LogP contribution in [0.1, 0.15) is 51.0 Å². The van der Waals surface area contributed by atoms with E-state index in [9.17, 15) is 22.8 Å². The fourth-order valence-electron chi connectivity index (χ4n) is 4.06. The quantitative estimate of drug-likeness (QED) is 0.739. The van der Waals surface area contributed by atoms with Gasteiger partial charge >= 0.3 is 12.1 Å². The van der Waals surface area contributed by atoms with E-state index in [0.29, 0.717) is 19.3 Å². The fraction of sp³-hybridized carbons (Fsp3) is 0.524. The van der Waals surface area contributed by atoms with Crippen LogP contribution in [0.5, 0.6) is 0 Å².